The number of anilines is 1. The summed E-state index contributed by atoms with van der Waals surface area (Å²) in [5.74, 6) is -1.52. The lowest BCUT2D eigenvalue weighted by Gasteiger charge is -2.44. The van der Waals surface area contributed by atoms with Crippen LogP contribution in [0.15, 0.2) is 18.2 Å². The second-order valence-electron chi connectivity index (χ2n) is 4.93. The molecule has 2 amide bonds. The van der Waals surface area contributed by atoms with Gasteiger partial charge in [-0.2, -0.15) is 0 Å². The maximum atomic E-state index is 13.2. The second kappa shape index (κ2) is 4.22. The number of nitrogens with two attached hydrogens (primary N) is 1. The highest BCUT2D eigenvalue weighted by atomic mass is 19.1. The number of fused-ring (bicyclic) bond motifs is 2. The number of halogens is 1. The van der Waals surface area contributed by atoms with Gasteiger partial charge >= 0.3 is 0 Å². The number of carbonyl (C=O) groups excluding carboxylic acids is 2. The molecule has 1 aromatic rings. The molecule has 2 aliphatic rings. The Labute approximate surface area is 109 Å². The summed E-state index contributed by atoms with van der Waals surface area (Å²) in [6.45, 7) is 0.552. The first-order chi connectivity index (χ1) is 9.08. The van der Waals surface area contributed by atoms with Crippen LogP contribution in [0.1, 0.15) is 23.2 Å². The molecule has 0 aliphatic carbocycles. The van der Waals surface area contributed by atoms with Crippen LogP contribution in [-0.4, -0.2) is 29.4 Å². The van der Waals surface area contributed by atoms with Crippen LogP contribution >= 0.6 is 0 Å². The Hall–Kier alpha value is -2.11. The molecule has 0 saturated carbocycles. The topological polar surface area (TPSA) is 75.4 Å². The second-order valence-corrected chi connectivity index (χ2v) is 4.93. The molecule has 1 aromatic carbocycles. The van der Waals surface area contributed by atoms with E-state index in [1.54, 1.807) is 4.90 Å². The highest BCUT2D eigenvalue weighted by Gasteiger charge is 2.41. The number of hydrogen-bond acceptors (Lipinski definition) is 3. The van der Waals surface area contributed by atoms with Crippen molar-refractivity contribution in [3.8, 4) is 0 Å². The SMILES string of the molecule is NC(=O)C1CCCN2C(=O)c3cc(F)ccc3NC12. The number of amides is 2. The minimum atomic E-state index is -0.448. The molecule has 0 aromatic heterocycles. The first-order valence-corrected chi connectivity index (χ1v) is 6.24. The largest absolute Gasteiger partial charge is 0.369 e. The van der Waals surface area contributed by atoms with Crippen LogP contribution in [0.4, 0.5) is 10.1 Å². The van der Waals surface area contributed by atoms with Crippen LogP contribution in [0.2, 0.25) is 0 Å². The van der Waals surface area contributed by atoms with Gasteiger partial charge in [-0.05, 0) is 31.0 Å². The van der Waals surface area contributed by atoms with Gasteiger partial charge in [0.25, 0.3) is 5.91 Å². The fourth-order valence-corrected chi connectivity index (χ4v) is 2.83. The van der Waals surface area contributed by atoms with Crippen molar-refractivity contribution in [3.63, 3.8) is 0 Å². The average molecular weight is 263 g/mol. The van der Waals surface area contributed by atoms with Crippen molar-refractivity contribution >= 4 is 17.5 Å². The monoisotopic (exact) mass is 263 g/mol. The van der Waals surface area contributed by atoms with E-state index in [4.69, 9.17) is 5.73 Å². The lowest BCUT2D eigenvalue weighted by atomic mass is 9.90. The van der Waals surface area contributed by atoms with Crippen molar-refractivity contribution in [2.45, 2.75) is 19.0 Å². The molecule has 2 unspecified atom stereocenters. The zero-order valence-electron chi connectivity index (χ0n) is 10.2. The zero-order chi connectivity index (χ0) is 13.6. The molecule has 19 heavy (non-hydrogen) atoms. The number of piperidine rings is 1. The number of hydrogen-bond donors (Lipinski definition) is 2. The normalized spacial score (nSPS) is 25.3. The number of nitrogens with zero attached hydrogens (tertiary/aromatic N) is 1. The van der Waals surface area contributed by atoms with Gasteiger partial charge in [-0.15, -0.1) is 0 Å². The van der Waals surface area contributed by atoms with Crippen LogP contribution in [0.5, 0.6) is 0 Å². The van der Waals surface area contributed by atoms with E-state index in [2.05, 4.69) is 5.32 Å². The van der Waals surface area contributed by atoms with Crippen molar-refractivity contribution in [3.05, 3.63) is 29.6 Å². The maximum absolute atomic E-state index is 13.2. The summed E-state index contributed by atoms with van der Waals surface area (Å²) in [5, 5.41) is 3.13. The predicted octanol–water partition coefficient (Wildman–Crippen LogP) is 0.915. The van der Waals surface area contributed by atoms with E-state index < -0.39 is 23.8 Å². The molecule has 0 bridgehead atoms. The third kappa shape index (κ3) is 1.83. The Morgan fingerprint density at radius 2 is 2.26 bits per heavy atom. The van der Waals surface area contributed by atoms with Gasteiger partial charge in [-0.3, -0.25) is 9.59 Å². The molecular formula is C13H14FN3O2. The van der Waals surface area contributed by atoms with E-state index in [9.17, 15) is 14.0 Å². The molecule has 2 aliphatic heterocycles. The van der Waals surface area contributed by atoms with E-state index in [0.29, 0.717) is 24.2 Å². The summed E-state index contributed by atoms with van der Waals surface area (Å²) < 4.78 is 13.2. The number of primary amides is 1. The summed E-state index contributed by atoms with van der Waals surface area (Å²) in [4.78, 5) is 25.4. The quantitative estimate of drug-likeness (QED) is 0.791. The Morgan fingerprint density at radius 1 is 1.47 bits per heavy atom. The smallest absolute Gasteiger partial charge is 0.257 e. The fraction of sp³-hybridized carbons (Fsp3) is 0.385. The number of carbonyl (C=O) groups is 2. The Balaban J connectivity index is 2.02. The minimum Gasteiger partial charge on any atom is -0.369 e. The zero-order valence-corrected chi connectivity index (χ0v) is 10.2. The predicted molar refractivity (Wildman–Crippen MR) is 66.8 cm³/mol. The third-order valence-electron chi connectivity index (χ3n) is 3.77. The van der Waals surface area contributed by atoms with E-state index in [1.807, 2.05) is 0 Å². The van der Waals surface area contributed by atoms with Crippen molar-refractivity contribution in [1.82, 2.24) is 4.90 Å². The molecule has 2 heterocycles. The van der Waals surface area contributed by atoms with Gasteiger partial charge in [0, 0.05) is 12.2 Å². The molecule has 100 valence electrons. The van der Waals surface area contributed by atoms with Gasteiger partial charge < -0.3 is 16.0 Å². The summed E-state index contributed by atoms with van der Waals surface area (Å²) in [5.41, 5.74) is 6.25. The molecule has 0 radical (unpaired) electrons. The third-order valence-corrected chi connectivity index (χ3v) is 3.77. The minimum absolute atomic E-state index is 0.246. The number of nitrogens with one attached hydrogen (secondary N) is 1. The Bertz CT molecular complexity index is 561. The highest BCUT2D eigenvalue weighted by Crippen LogP contribution is 2.33. The van der Waals surface area contributed by atoms with Gasteiger partial charge in [0.2, 0.25) is 5.91 Å². The Morgan fingerprint density at radius 3 is 3.00 bits per heavy atom. The summed E-state index contributed by atoms with van der Waals surface area (Å²) in [6, 6.07) is 4.03. The van der Waals surface area contributed by atoms with Gasteiger partial charge in [0.1, 0.15) is 12.0 Å². The van der Waals surface area contributed by atoms with Crippen LogP contribution in [0.25, 0.3) is 0 Å². The lowest BCUT2D eigenvalue weighted by Crippen LogP contribution is -2.58. The molecule has 5 nitrogen and oxygen atoms in total. The molecular weight excluding hydrogens is 249 g/mol. The van der Waals surface area contributed by atoms with E-state index in [0.717, 1.165) is 6.42 Å². The van der Waals surface area contributed by atoms with Crippen LogP contribution in [0.3, 0.4) is 0 Å². The molecule has 3 rings (SSSR count). The summed E-state index contributed by atoms with van der Waals surface area (Å²) >= 11 is 0. The maximum Gasteiger partial charge on any atom is 0.257 e. The molecule has 1 fully saturated rings. The summed E-state index contributed by atoms with van der Waals surface area (Å²) in [7, 11) is 0. The van der Waals surface area contributed by atoms with Crippen molar-refractivity contribution in [2.75, 3.05) is 11.9 Å². The number of rotatable bonds is 1. The van der Waals surface area contributed by atoms with Crippen molar-refractivity contribution < 1.29 is 14.0 Å². The molecule has 0 spiro atoms. The number of benzene rings is 1. The van der Waals surface area contributed by atoms with Crippen LogP contribution in [-0.2, 0) is 4.79 Å². The van der Waals surface area contributed by atoms with Gasteiger partial charge in [-0.1, -0.05) is 0 Å². The average Bonchev–Trinajstić information content (AvgIpc) is 2.39. The van der Waals surface area contributed by atoms with Crippen molar-refractivity contribution in [1.29, 1.82) is 0 Å². The van der Waals surface area contributed by atoms with Crippen LogP contribution in [0, 0.1) is 11.7 Å². The Kier molecular flexibility index (Phi) is 2.66. The van der Waals surface area contributed by atoms with E-state index in [1.165, 1.54) is 18.2 Å². The van der Waals surface area contributed by atoms with E-state index in [-0.39, 0.29) is 5.91 Å². The van der Waals surface area contributed by atoms with E-state index >= 15 is 0 Å². The van der Waals surface area contributed by atoms with Crippen LogP contribution < -0.4 is 11.1 Å². The fourth-order valence-electron chi connectivity index (χ4n) is 2.83. The first kappa shape index (κ1) is 12.0. The lowest BCUT2D eigenvalue weighted by molar-refractivity contribution is -0.124. The van der Waals surface area contributed by atoms with Crippen molar-refractivity contribution in [2.24, 2.45) is 11.7 Å². The van der Waals surface area contributed by atoms with Gasteiger partial charge in [0.05, 0.1) is 11.5 Å². The first-order valence-electron chi connectivity index (χ1n) is 6.24. The molecule has 6 heteroatoms. The summed E-state index contributed by atoms with van der Waals surface area (Å²) in [6.07, 6.45) is 0.965. The standard InChI is InChI=1S/C13H14FN3O2/c14-7-3-4-10-9(6-7)13(19)17-5-1-2-8(11(15)18)12(17)16-10/h3-4,6,8,12,16H,1-2,5H2,(H2,15,18). The highest BCUT2D eigenvalue weighted by molar-refractivity contribution is 6.02. The van der Waals surface area contributed by atoms with Gasteiger partial charge in [0.15, 0.2) is 0 Å². The molecule has 1 saturated heterocycles. The molecule has 2 atom stereocenters. The molecule has 3 N–H and O–H groups in total. The van der Waals surface area contributed by atoms with Gasteiger partial charge in [-0.25, -0.2) is 4.39 Å².